The zero-order valence-electron chi connectivity index (χ0n) is 14.9. The van der Waals surface area contributed by atoms with Crippen molar-refractivity contribution in [2.75, 3.05) is 6.54 Å². The lowest BCUT2D eigenvalue weighted by atomic mass is 9.96. The number of alkyl halides is 3. The predicted molar refractivity (Wildman–Crippen MR) is 89.4 cm³/mol. The highest BCUT2D eigenvalue weighted by atomic mass is 19.4. The van der Waals surface area contributed by atoms with Crippen LogP contribution in [0.2, 0.25) is 0 Å². The molecule has 4 amide bonds. The number of carbonyl (C=O) groups excluding carboxylic acids is 3. The predicted octanol–water partition coefficient (Wildman–Crippen LogP) is 2.60. The number of carbonyl (C=O) groups is 3. The van der Waals surface area contributed by atoms with E-state index in [-0.39, 0.29) is 11.5 Å². The van der Waals surface area contributed by atoms with Gasteiger partial charge in [-0.05, 0) is 50.3 Å². The van der Waals surface area contributed by atoms with E-state index in [1.54, 1.807) is 6.92 Å². The van der Waals surface area contributed by atoms with Gasteiger partial charge < -0.3 is 10.6 Å². The van der Waals surface area contributed by atoms with Crippen molar-refractivity contribution >= 4 is 17.8 Å². The van der Waals surface area contributed by atoms with Crippen LogP contribution in [-0.4, -0.2) is 34.8 Å². The third-order valence-electron chi connectivity index (χ3n) is 5.09. The standard InChI is InChI=1S/C18H20F3N3O3/c1-10(11-4-3-5-13(8-11)18(19,20)21)22-14(25)9-24-15(26)17(2,12-6-7-12)23-16(24)27/h3-5,8,10,12H,6-7,9H2,1-2H3,(H,22,25)(H,23,27). The van der Waals surface area contributed by atoms with E-state index in [2.05, 4.69) is 10.6 Å². The summed E-state index contributed by atoms with van der Waals surface area (Å²) < 4.78 is 38.5. The third kappa shape index (κ3) is 3.77. The summed E-state index contributed by atoms with van der Waals surface area (Å²) in [6, 6.07) is 3.30. The van der Waals surface area contributed by atoms with Gasteiger partial charge in [-0.25, -0.2) is 4.79 Å². The van der Waals surface area contributed by atoms with Crippen LogP contribution in [-0.2, 0) is 15.8 Å². The lowest BCUT2D eigenvalue weighted by Crippen LogP contribution is -2.47. The van der Waals surface area contributed by atoms with Crippen LogP contribution in [0.25, 0.3) is 0 Å². The smallest absolute Gasteiger partial charge is 0.348 e. The number of halogens is 3. The summed E-state index contributed by atoms with van der Waals surface area (Å²) in [5, 5.41) is 5.17. The van der Waals surface area contributed by atoms with Crippen molar-refractivity contribution in [2.45, 2.75) is 44.4 Å². The molecular formula is C18H20F3N3O3. The fraction of sp³-hybridized carbons (Fsp3) is 0.500. The van der Waals surface area contributed by atoms with Crippen LogP contribution in [0.5, 0.6) is 0 Å². The van der Waals surface area contributed by atoms with Crippen LogP contribution in [0, 0.1) is 5.92 Å². The third-order valence-corrected chi connectivity index (χ3v) is 5.09. The number of imide groups is 1. The summed E-state index contributed by atoms with van der Waals surface area (Å²) in [6.07, 6.45) is -2.79. The molecule has 1 aromatic rings. The molecule has 1 aromatic carbocycles. The van der Waals surface area contributed by atoms with Crippen molar-refractivity contribution in [3.8, 4) is 0 Å². The Morgan fingerprint density at radius 1 is 1.37 bits per heavy atom. The van der Waals surface area contributed by atoms with Gasteiger partial charge in [0.25, 0.3) is 5.91 Å². The molecule has 146 valence electrons. The van der Waals surface area contributed by atoms with Crippen molar-refractivity contribution < 1.29 is 27.6 Å². The quantitative estimate of drug-likeness (QED) is 0.768. The molecule has 0 bridgehead atoms. The van der Waals surface area contributed by atoms with Gasteiger partial charge in [-0.3, -0.25) is 14.5 Å². The van der Waals surface area contributed by atoms with Gasteiger partial charge in [0.1, 0.15) is 12.1 Å². The topological polar surface area (TPSA) is 78.5 Å². The van der Waals surface area contributed by atoms with E-state index in [9.17, 15) is 27.6 Å². The zero-order chi connectivity index (χ0) is 20.0. The van der Waals surface area contributed by atoms with Gasteiger partial charge in [0, 0.05) is 0 Å². The van der Waals surface area contributed by atoms with Crippen LogP contribution in [0.15, 0.2) is 24.3 Å². The summed E-state index contributed by atoms with van der Waals surface area (Å²) in [4.78, 5) is 37.7. The van der Waals surface area contributed by atoms with E-state index in [4.69, 9.17) is 0 Å². The average Bonchev–Trinajstić information content (AvgIpc) is 3.40. The molecule has 27 heavy (non-hydrogen) atoms. The second-order valence-corrected chi connectivity index (χ2v) is 7.21. The van der Waals surface area contributed by atoms with E-state index in [0.717, 1.165) is 29.9 Å². The molecule has 2 unspecified atom stereocenters. The number of urea groups is 1. The molecule has 0 aromatic heterocycles. The monoisotopic (exact) mass is 383 g/mol. The molecule has 1 aliphatic carbocycles. The lowest BCUT2D eigenvalue weighted by molar-refractivity contribution is -0.137. The number of amides is 4. The highest BCUT2D eigenvalue weighted by molar-refractivity contribution is 6.09. The van der Waals surface area contributed by atoms with Gasteiger partial charge in [0.05, 0.1) is 11.6 Å². The van der Waals surface area contributed by atoms with Crippen LogP contribution < -0.4 is 10.6 Å². The number of hydrogen-bond donors (Lipinski definition) is 2. The van der Waals surface area contributed by atoms with E-state index in [0.29, 0.717) is 0 Å². The Labute approximate surface area is 154 Å². The Morgan fingerprint density at radius 2 is 2.04 bits per heavy atom. The van der Waals surface area contributed by atoms with Gasteiger partial charge in [0.2, 0.25) is 5.91 Å². The average molecular weight is 383 g/mol. The second kappa shape index (κ2) is 6.54. The summed E-state index contributed by atoms with van der Waals surface area (Å²) in [5.41, 5.74) is -1.52. The zero-order valence-corrected chi connectivity index (χ0v) is 14.9. The Hall–Kier alpha value is -2.58. The van der Waals surface area contributed by atoms with Gasteiger partial charge >= 0.3 is 12.2 Å². The van der Waals surface area contributed by atoms with E-state index in [1.807, 2.05) is 0 Å². The second-order valence-electron chi connectivity index (χ2n) is 7.21. The van der Waals surface area contributed by atoms with Crippen molar-refractivity contribution in [3.05, 3.63) is 35.4 Å². The highest BCUT2D eigenvalue weighted by Crippen LogP contribution is 2.42. The number of nitrogens with one attached hydrogen (secondary N) is 2. The Kier molecular flexibility index (Phi) is 4.65. The molecule has 6 nitrogen and oxygen atoms in total. The fourth-order valence-electron chi connectivity index (χ4n) is 3.30. The van der Waals surface area contributed by atoms with Gasteiger partial charge in [-0.2, -0.15) is 13.2 Å². The van der Waals surface area contributed by atoms with Crippen molar-refractivity contribution in [1.82, 2.24) is 15.5 Å². The lowest BCUT2D eigenvalue weighted by Gasteiger charge is -2.21. The van der Waals surface area contributed by atoms with Crippen molar-refractivity contribution in [1.29, 1.82) is 0 Å². The first-order valence-corrected chi connectivity index (χ1v) is 8.63. The molecule has 1 heterocycles. The molecule has 0 radical (unpaired) electrons. The molecule has 2 aliphatic rings. The van der Waals surface area contributed by atoms with E-state index < -0.39 is 47.7 Å². The number of benzene rings is 1. The van der Waals surface area contributed by atoms with Crippen molar-refractivity contribution in [2.24, 2.45) is 5.92 Å². The maximum absolute atomic E-state index is 12.8. The van der Waals surface area contributed by atoms with Gasteiger partial charge in [-0.1, -0.05) is 12.1 Å². The molecule has 1 aliphatic heterocycles. The Morgan fingerprint density at radius 3 is 2.63 bits per heavy atom. The maximum atomic E-state index is 12.8. The maximum Gasteiger partial charge on any atom is 0.416 e. The van der Waals surface area contributed by atoms with Crippen LogP contribution >= 0.6 is 0 Å². The summed E-state index contributed by atoms with van der Waals surface area (Å²) >= 11 is 0. The summed E-state index contributed by atoms with van der Waals surface area (Å²) in [7, 11) is 0. The van der Waals surface area contributed by atoms with Gasteiger partial charge in [-0.15, -0.1) is 0 Å². The normalized spacial score (nSPS) is 24.0. The molecule has 3 rings (SSSR count). The van der Waals surface area contributed by atoms with Crippen LogP contribution in [0.4, 0.5) is 18.0 Å². The molecule has 1 saturated carbocycles. The molecule has 9 heteroatoms. The number of nitrogens with zero attached hydrogens (tertiary/aromatic N) is 1. The first kappa shape index (κ1) is 19.2. The fourth-order valence-corrected chi connectivity index (χ4v) is 3.30. The minimum absolute atomic E-state index is 0.0750. The number of rotatable bonds is 5. The molecule has 1 saturated heterocycles. The molecule has 2 atom stereocenters. The summed E-state index contributed by atoms with van der Waals surface area (Å²) in [6.45, 7) is 2.71. The van der Waals surface area contributed by atoms with Crippen molar-refractivity contribution in [3.63, 3.8) is 0 Å². The first-order valence-electron chi connectivity index (χ1n) is 8.63. The largest absolute Gasteiger partial charge is 0.416 e. The van der Waals surface area contributed by atoms with E-state index in [1.165, 1.54) is 19.1 Å². The van der Waals surface area contributed by atoms with Gasteiger partial charge in [0.15, 0.2) is 0 Å². The SMILES string of the molecule is CC(NC(=O)CN1C(=O)NC(C)(C2CC2)C1=O)c1cccc(C(F)(F)F)c1. The summed E-state index contributed by atoms with van der Waals surface area (Å²) in [5.74, 6) is -0.994. The molecule has 0 spiro atoms. The Bertz CT molecular complexity index is 792. The minimum Gasteiger partial charge on any atom is -0.348 e. The van der Waals surface area contributed by atoms with Crippen LogP contribution in [0.3, 0.4) is 0 Å². The highest BCUT2D eigenvalue weighted by Gasteiger charge is 2.56. The Balaban J connectivity index is 1.64. The van der Waals surface area contributed by atoms with Crippen LogP contribution in [0.1, 0.15) is 43.9 Å². The van der Waals surface area contributed by atoms with E-state index >= 15 is 0 Å². The first-order chi connectivity index (χ1) is 12.5. The molecule has 2 fully saturated rings. The number of hydrogen-bond acceptors (Lipinski definition) is 3. The minimum atomic E-state index is -4.48. The molecule has 2 N–H and O–H groups in total. The molecular weight excluding hydrogens is 363 g/mol.